The quantitative estimate of drug-likeness (QED) is 0.668. The highest BCUT2D eigenvalue weighted by molar-refractivity contribution is 7.99. The summed E-state index contributed by atoms with van der Waals surface area (Å²) in [6, 6.07) is 0. The molecule has 0 aromatic heterocycles. The molecule has 0 spiro atoms. The van der Waals surface area contributed by atoms with Crippen LogP contribution in [0.4, 0.5) is 0 Å². The monoisotopic (exact) mass is 162 g/mol. The van der Waals surface area contributed by atoms with E-state index in [2.05, 4.69) is 20.8 Å². The summed E-state index contributed by atoms with van der Waals surface area (Å²) in [7, 11) is 0. The fraction of sp³-hybridized carbons (Fsp3) is 1.00. The number of hydrogen-bond donors (Lipinski definition) is 1. The zero-order valence-electron chi connectivity index (χ0n) is 7.13. The van der Waals surface area contributed by atoms with Gasteiger partial charge in [-0.15, -0.1) is 0 Å². The van der Waals surface area contributed by atoms with Crippen molar-refractivity contribution in [3.05, 3.63) is 0 Å². The van der Waals surface area contributed by atoms with Crippen molar-refractivity contribution < 1.29 is 5.11 Å². The standard InChI is InChI=1S/C8H18OS/c1-4-5-10-8(6-9)7(2)3/h7-9H,4-6H2,1-3H3. The number of hydrogen-bond acceptors (Lipinski definition) is 2. The van der Waals surface area contributed by atoms with E-state index in [0.29, 0.717) is 17.8 Å². The average Bonchev–Trinajstić information content (AvgIpc) is 1.89. The third kappa shape index (κ3) is 4.18. The first-order valence-corrected chi connectivity index (χ1v) is 4.99. The fourth-order valence-electron chi connectivity index (χ4n) is 0.725. The second-order valence-corrected chi connectivity index (χ2v) is 4.18. The van der Waals surface area contributed by atoms with Crippen LogP contribution in [0.25, 0.3) is 0 Å². The number of thioether (sulfide) groups is 1. The number of aliphatic hydroxyl groups is 1. The molecule has 10 heavy (non-hydrogen) atoms. The maximum absolute atomic E-state index is 8.90. The molecule has 0 amide bonds. The SMILES string of the molecule is CCCSC(CO)C(C)C. The van der Waals surface area contributed by atoms with Gasteiger partial charge in [0.25, 0.3) is 0 Å². The Labute approximate surface area is 68.2 Å². The molecule has 1 nitrogen and oxygen atoms in total. The Morgan fingerprint density at radius 1 is 1.40 bits per heavy atom. The van der Waals surface area contributed by atoms with Crippen LogP contribution in [0, 0.1) is 5.92 Å². The molecule has 0 bridgehead atoms. The van der Waals surface area contributed by atoms with Gasteiger partial charge in [-0.2, -0.15) is 11.8 Å². The van der Waals surface area contributed by atoms with Crippen molar-refractivity contribution in [2.24, 2.45) is 5.92 Å². The topological polar surface area (TPSA) is 20.2 Å². The maximum Gasteiger partial charge on any atom is 0.0552 e. The third-order valence-electron chi connectivity index (χ3n) is 1.46. The first-order chi connectivity index (χ1) is 4.72. The van der Waals surface area contributed by atoms with Crippen molar-refractivity contribution in [2.45, 2.75) is 32.4 Å². The van der Waals surface area contributed by atoms with Gasteiger partial charge >= 0.3 is 0 Å². The predicted molar refractivity (Wildman–Crippen MR) is 48.5 cm³/mol. The van der Waals surface area contributed by atoms with Crippen LogP contribution in [0.5, 0.6) is 0 Å². The van der Waals surface area contributed by atoms with Crippen LogP contribution in [0.2, 0.25) is 0 Å². The van der Waals surface area contributed by atoms with Crippen LogP contribution < -0.4 is 0 Å². The van der Waals surface area contributed by atoms with E-state index >= 15 is 0 Å². The van der Waals surface area contributed by atoms with E-state index in [1.165, 1.54) is 12.2 Å². The molecule has 1 unspecified atom stereocenters. The lowest BCUT2D eigenvalue weighted by molar-refractivity contribution is 0.275. The molecule has 0 aliphatic rings. The van der Waals surface area contributed by atoms with E-state index in [1.54, 1.807) is 0 Å². The minimum atomic E-state index is 0.322. The number of rotatable bonds is 5. The van der Waals surface area contributed by atoms with Crippen LogP contribution in [-0.4, -0.2) is 22.7 Å². The highest BCUT2D eigenvalue weighted by Crippen LogP contribution is 2.19. The lowest BCUT2D eigenvalue weighted by Gasteiger charge is -2.16. The first kappa shape index (κ1) is 10.3. The molecule has 0 rings (SSSR count). The van der Waals surface area contributed by atoms with Crippen LogP contribution >= 0.6 is 11.8 Å². The lowest BCUT2D eigenvalue weighted by Crippen LogP contribution is -2.16. The van der Waals surface area contributed by atoms with Gasteiger partial charge in [0.05, 0.1) is 6.61 Å². The van der Waals surface area contributed by atoms with Crippen molar-refractivity contribution in [2.75, 3.05) is 12.4 Å². The number of aliphatic hydroxyl groups excluding tert-OH is 1. The Kier molecular flexibility index (Phi) is 6.24. The fourth-order valence-corrected chi connectivity index (χ4v) is 1.75. The van der Waals surface area contributed by atoms with E-state index < -0.39 is 0 Å². The van der Waals surface area contributed by atoms with Crippen LogP contribution in [-0.2, 0) is 0 Å². The van der Waals surface area contributed by atoms with Gasteiger partial charge in [-0.05, 0) is 18.1 Å². The van der Waals surface area contributed by atoms with Crippen molar-refractivity contribution >= 4 is 11.8 Å². The molecule has 1 N–H and O–H groups in total. The van der Waals surface area contributed by atoms with Gasteiger partial charge in [0.2, 0.25) is 0 Å². The second kappa shape index (κ2) is 6.05. The zero-order chi connectivity index (χ0) is 7.98. The van der Waals surface area contributed by atoms with Crippen LogP contribution in [0.1, 0.15) is 27.2 Å². The Hall–Kier alpha value is 0.310. The van der Waals surface area contributed by atoms with E-state index in [4.69, 9.17) is 5.11 Å². The molecule has 0 aliphatic heterocycles. The van der Waals surface area contributed by atoms with Gasteiger partial charge in [-0.25, -0.2) is 0 Å². The Morgan fingerprint density at radius 2 is 2.00 bits per heavy atom. The molecule has 0 heterocycles. The molecule has 0 saturated heterocycles. The molecule has 0 saturated carbocycles. The van der Waals surface area contributed by atoms with Crippen LogP contribution in [0.3, 0.4) is 0 Å². The smallest absolute Gasteiger partial charge is 0.0552 e. The Bertz CT molecular complexity index is 73.7. The van der Waals surface area contributed by atoms with Crippen molar-refractivity contribution in [3.8, 4) is 0 Å². The van der Waals surface area contributed by atoms with Gasteiger partial charge in [-0.3, -0.25) is 0 Å². The summed E-state index contributed by atoms with van der Waals surface area (Å²) >= 11 is 1.88. The summed E-state index contributed by atoms with van der Waals surface area (Å²) in [5.74, 6) is 1.77. The largest absolute Gasteiger partial charge is 0.395 e. The molecule has 0 aliphatic carbocycles. The lowest BCUT2D eigenvalue weighted by atomic mass is 10.1. The summed E-state index contributed by atoms with van der Waals surface area (Å²) in [5, 5.41) is 9.35. The second-order valence-electron chi connectivity index (χ2n) is 2.84. The highest BCUT2D eigenvalue weighted by Gasteiger charge is 2.10. The normalized spacial score (nSPS) is 14.1. The predicted octanol–water partition coefficient (Wildman–Crippen LogP) is 2.15. The molecule has 2 heteroatoms. The Balaban J connectivity index is 3.40. The minimum absolute atomic E-state index is 0.322. The molecular formula is C8H18OS. The summed E-state index contributed by atoms with van der Waals surface area (Å²) in [6.07, 6.45) is 1.20. The summed E-state index contributed by atoms with van der Waals surface area (Å²) in [6.45, 7) is 6.80. The van der Waals surface area contributed by atoms with Gasteiger partial charge in [0.1, 0.15) is 0 Å². The molecule has 1 atom stereocenters. The molecule has 0 aromatic carbocycles. The van der Waals surface area contributed by atoms with Crippen molar-refractivity contribution in [1.82, 2.24) is 0 Å². The zero-order valence-corrected chi connectivity index (χ0v) is 7.95. The van der Waals surface area contributed by atoms with Gasteiger partial charge in [0.15, 0.2) is 0 Å². The Morgan fingerprint density at radius 3 is 2.30 bits per heavy atom. The summed E-state index contributed by atoms with van der Waals surface area (Å²) in [5.41, 5.74) is 0. The maximum atomic E-state index is 8.90. The van der Waals surface area contributed by atoms with E-state index in [1.807, 2.05) is 11.8 Å². The summed E-state index contributed by atoms with van der Waals surface area (Å²) < 4.78 is 0. The molecule has 0 aromatic rings. The van der Waals surface area contributed by atoms with Crippen LogP contribution in [0.15, 0.2) is 0 Å². The van der Waals surface area contributed by atoms with Gasteiger partial charge in [-0.1, -0.05) is 20.8 Å². The molecular weight excluding hydrogens is 144 g/mol. The first-order valence-electron chi connectivity index (χ1n) is 3.94. The molecule has 0 radical (unpaired) electrons. The van der Waals surface area contributed by atoms with Gasteiger partial charge < -0.3 is 5.11 Å². The molecule has 62 valence electrons. The highest BCUT2D eigenvalue weighted by atomic mass is 32.2. The summed E-state index contributed by atoms with van der Waals surface area (Å²) in [4.78, 5) is 0. The van der Waals surface area contributed by atoms with Crippen molar-refractivity contribution in [3.63, 3.8) is 0 Å². The minimum Gasteiger partial charge on any atom is -0.395 e. The van der Waals surface area contributed by atoms with E-state index in [0.717, 1.165) is 0 Å². The van der Waals surface area contributed by atoms with E-state index in [-0.39, 0.29) is 0 Å². The van der Waals surface area contributed by atoms with Crippen molar-refractivity contribution in [1.29, 1.82) is 0 Å². The third-order valence-corrected chi connectivity index (χ3v) is 3.23. The average molecular weight is 162 g/mol. The van der Waals surface area contributed by atoms with E-state index in [9.17, 15) is 0 Å². The molecule has 0 fully saturated rings. The van der Waals surface area contributed by atoms with Gasteiger partial charge in [0, 0.05) is 5.25 Å².